The summed E-state index contributed by atoms with van der Waals surface area (Å²) in [5, 5.41) is 8.49. The van der Waals surface area contributed by atoms with Gasteiger partial charge in [0, 0.05) is 5.56 Å². The first-order valence-corrected chi connectivity index (χ1v) is 6.75. The third-order valence-corrected chi connectivity index (χ3v) is 2.71. The molecule has 0 saturated heterocycles. The number of carbonyl (C=O) groups excluding carboxylic acids is 2. The number of hydrazone groups is 1. The summed E-state index contributed by atoms with van der Waals surface area (Å²) in [7, 11) is 0. The lowest BCUT2D eigenvalue weighted by Crippen LogP contribution is -2.40. The zero-order valence-corrected chi connectivity index (χ0v) is 12.1. The van der Waals surface area contributed by atoms with E-state index in [1.807, 2.05) is 0 Å². The van der Waals surface area contributed by atoms with Gasteiger partial charge in [-0.3, -0.25) is 4.79 Å². The lowest BCUT2D eigenvalue weighted by Gasteiger charge is -2.05. The maximum Gasteiger partial charge on any atom is 0.315 e. The molecule has 0 aliphatic heterocycles. The smallest absolute Gasteiger partial charge is 0.315 e. The number of amides is 3. The molecule has 23 heavy (non-hydrogen) atoms. The SMILES string of the molecule is O=C(CNC(=O)NCc1ccco1)NN=Cc1ccccc1F. The average molecular weight is 318 g/mol. The van der Waals surface area contributed by atoms with Crippen LogP contribution in [0.1, 0.15) is 11.3 Å². The van der Waals surface area contributed by atoms with Gasteiger partial charge < -0.3 is 15.1 Å². The van der Waals surface area contributed by atoms with Gasteiger partial charge in [0.25, 0.3) is 5.91 Å². The average Bonchev–Trinajstić information content (AvgIpc) is 3.06. The summed E-state index contributed by atoms with van der Waals surface area (Å²) in [5.41, 5.74) is 2.43. The monoisotopic (exact) mass is 318 g/mol. The van der Waals surface area contributed by atoms with E-state index in [2.05, 4.69) is 21.2 Å². The summed E-state index contributed by atoms with van der Waals surface area (Å²) in [4.78, 5) is 22.9. The predicted octanol–water partition coefficient (Wildman–Crippen LogP) is 1.37. The van der Waals surface area contributed by atoms with Crippen molar-refractivity contribution in [1.29, 1.82) is 0 Å². The predicted molar refractivity (Wildman–Crippen MR) is 81.1 cm³/mol. The van der Waals surface area contributed by atoms with Crippen LogP contribution < -0.4 is 16.1 Å². The number of rotatable bonds is 6. The fourth-order valence-corrected chi connectivity index (χ4v) is 1.60. The molecule has 8 heteroatoms. The highest BCUT2D eigenvalue weighted by molar-refractivity contribution is 5.85. The molecular formula is C15H15FN4O3. The number of hydrogen-bond acceptors (Lipinski definition) is 4. The van der Waals surface area contributed by atoms with Crippen LogP contribution in [-0.4, -0.2) is 24.7 Å². The van der Waals surface area contributed by atoms with E-state index in [-0.39, 0.29) is 18.7 Å². The van der Waals surface area contributed by atoms with Gasteiger partial charge in [-0.1, -0.05) is 18.2 Å². The molecule has 0 fully saturated rings. The lowest BCUT2D eigenvalue weighted by atomic mass is 10.2. The number of furan rings is 1. The normalized spacial score (nSPS) is 10.5. The van der Waals surface area contributed by atoms with Crippen molar-refractivity contribution in [1.82, 2.24) is 16.1 Å². The molecule has 2 rings (SSSR count). The van der Waals surface area contributed by atoms with Crippen molar-refractivity contribution >= 4 is 18.2 Å². The summed E-state index contributed by atoms with van der Waals surface area (Å²) in [6, 6.07) is 8.91. The molecule has 1 aromatic heterocycles. The van der Waals surface area contributed by atoms with E-state index in [9.17, 15) is 14.0 Å². The number of urea groups is 1. The fourth-order valence-electron chi connectivity index (χ4n) is 1.60. The fraction of sp³-hybridized carbons (Fsp3) is 0.133. The number of nitrogens with zero attached hydrogens (tertiary/aromatic N) is 1. The zero-order valence-electron chi connectivity index (χ0n) is 12.1. The molecular weight excluding hydrogens is 303 g/mol. The second kappa shape index (κ2) is 8.32. The third-order valence-electron chi connectivity index (χ3n) is 2.71. The largest absolute Gasteiger partial charge is 0.467 e. The molecule has 7 nitrogen and oxygen atoms in total. The molecule has 1 heterocycles. The Bertz CT molecular complexity index is 686. The minimum absolute atomic E-state index is 0.214. The molecule has 0 unspecified atom stereocenters. The van der Waals surface area contributed by atoms with E-state index in [1.54, 1.807) is 24.3 Å². The van der Waals surface area contributed by atoms with Crippen molar-refractivity contribution in [2.75, 3.05) is 6.54 Å². The number of hydrogen-bond donors (Lipinski definition) is 3. The van der Waals surface area contributed by atoms with Gasteiger partial charge in [0.2, 0.25) is 0 Å². The van der Waals surface area contributed by atoms with Crippen LogP contribution in [0.3, 0.4) is 0 Å². The van der Waals surface area contributed by atoms with Crippen LogP contribution in [0, 0.1) is 5.82 Å². The standard InChI is InChI=1S/C15H15FN4O3/c16-13-6-2-1-4-11(13)8-19-20-14(21)10-18-15(22)17-9-12-5-3-7-23-12/h1-8H,9-10H2,(H,20,21)(H2,17,18,22). The van der Waals surface area contributed by atoms with E-state index < -0.39 is 17.8 Å². The summed E-state index contributed by atoms with van der Waals surface area (Å²) in [6.45, 7) is -0.0511. The minimum Gasteiger partial charge on any atom is -0.467 e. The molecule has 3 N–H and O–H groups in total. The number of benzene rings is 1. The Labute approximate surface area is 131 Å². The Kier molecular flexibility index (Phi) is 5.87. The second-order valence-corrected chi connectivity index (χ2v) is 4.43. The highest BCUT2D eigenvalue weighted by Crippen LogP contribution is 2.02. The van der Waals surface area contributed by atoms with Crippen LogP contribution in [0.5, 0.6) is 0 Å². The quantitative estimate of drug-likeness (QED) is 0.554. The van der Waals surface area contributed by atoms with Crippen molar-refractivity contribution in [2.24, 2.45) is 5.10 Å². The summed E-state index contributed by atoms with van der Waals surface area (Å²) < 4.78 is 18.3. The first-order chi connectivity index (χ1) is 11.1. The van der Waals surface area contributed by atoms with Crippen LogP contribution in [0.4, 0.5) is 9.18 Å². The molecule has 120 valence electrons. The van der Waals surface area contributed by atoms with Gasteiger partial charge in [-0.2, -0.15) is 5.10 Å². The van der Waals surface area contributed by atoms with E-state index in [4.69, 9.17) is 4.42 Å². The highest BCUT2D eigenvalue weighted by Gasteiger charge is 2.05. The zero-order chi connectivity index (χ0) is 16.5. The van der Waals surface area contributed by atoms with Gasteiger partial charge >= 0.3 is 6.03 Å². The van der Waals surface area contributed by atoms with Crippen molar-refractivity contribution in [3.63, 3.8) is 0 Å². The van der Waals surface area contributed by atoms with Crippen molar-refractivity contribution in [3.8, 4) is 0 Å². The molecule has 0 aliphatic rings. The first-order valence-electron chi connectivity index (χ1n) is 6.75. The number of nitrogens with one attached hydrogen (secondary N) is 3. The van der Waals surface area contributed by atoms with Crippen LogP contribution >= 0.6 is 0 Å². The molecule has 0 atom stereocenters. The topological polar surface area (TPSA) is 95.7 Å². The first kappa shape index (κ1) is 16.2. The lowest BCUT2D eigenvalue weighted by molar-refractivity contribution is -0.120. The van der Waals surface area contributed by atoms with E-state index in [1.165, 1.54) is 24.6 Å². The minimum atomic E-state index is -0.536. The molecule has 1 aromatic carbocycles. The van der Waals surface area contributed by atoms with Gasteiger partial charge in [0.15, 0.2) is 0 Å². The van der Waals surface area contributed by atoms with Gasteiger partial charge in [0.1, 0.15) is 18.1 Å². The van der Waals surface area contributed by atoms with Gasteiger partial charge in [-0.05, 0) is 18.2 Å². The molecule has 0 aliphatic carbocycles. The molecule has 0 spiro atoms. The number of halogens is 1. The Balaban J connectivity index is 1.66. The summed E-state index contributed by atoms with van der Waals surface area (Å²) in [5.74, 6) is -0.384. The highest BCUT2D eigenvalue weighted by atomic mass is 19.1. The van der Waals surface area contributed by atoms with Crippen molar-refractivity contribution < 1.29 is 18.4 Å². The van der Waals surface area contributed by atoms with Crippen LogP contribution in [0.25, 0.3) is 0 Å². The van der Waals surface area contributed by atoms with E-state index >= 15 is 0 Å². The molecule has 2 aromatic rings. The summed E-state index contributed by atoms with van der Waals surface area (Å²) in [6.07, 6.45) is 2.68. The maximum absolute atomic E-state index is 13.3. The van der Waals surface area contributed by atoms with Crippen molar-refractivity contribution in [2.45, 2.75) is 6.54 Å². The van der Waals surface area contributed by atoms with E-state index in [0.717, 1.165) is 0 Å². The van der Waals surface area contributed by atoms with Crippen molar-refractivity contribution in [3.05, 3.63) is 59.8 Å². The maximum atomic E-state index is 13.3. The van der Waals surface area contributed by atoms with Gasteiger partial charge in [-0.15, -0.1) is 0 Å². The Morgan fingerprint density at radius 1 is 1.17 bits per heavy atom. The summed E-state index contributed by atoms with van der Waals surface area (Å²) >= 11 is 0. The molecule has 0 saturated carbocycles. The van der Waals surface area contributed by atoms with Crippen LogP contribution in [0.15, 0.2) is 52.2 Å². The Hall–Kier alpha value is -3.16. The Morgan fingerprint density at radius 3 is 2.74 bits per heavy atom. The second-order valence-electron chi connectivity index (χ2n) is 4.43. The Morgan fingerprint density at radius 2 is 2.00 bits per heavy atom. The third kappa shape index (κ3) is 5.62. The molecule has 3 amide bonds. The van der Waals surface area contributed by atoms with Gasteiger partial charge in [0.05, 0.1) is 19.0 Å². The van der Waals surface area contributed by atoms with Crippen LogP contribution in [0.2, 0.25) is 0 Å². The molecule has 0 bridgehead atoms. The van der Waals surface area contributed by atoms with E-state index in [0.29, 0.717) is 5.76 Å². The van der Waals surface area contributed by atoms with Gasteiger partial charge in [-0.25, -0.2) is 14.6 Å². The molecule has 0 radical (unpaired) electrons. The van der Waals surface area contributed by atoms with Crippen LogP contribution in [-0.2, 0) is 11.3 Å². The number of carbonyl (C=O) groups is 2.